The predicted octanol–water partition coefficient (Wildman–Crippen LogP) is 0.336. The van der Waals surface area contributed by atoms with Gasteiger partial charge in [-0.05, 0) is 12.1 Å². The molecule has 0 aliphatic rings. The van der Waals surface area contributed by atoms with E-state index in [1.165, 1.54) is 18.6 Å². The first-order valence-corrected chi connectivity index (χ1v) is 7.20. The molecule has 1 heterocycles. The van der Waals surface area contributed by atoms with E-state index in [2.05, 4.69) is 19.8 Å². The lowest BCUT2D eigenvalue weighted by molar-refractivity contribution is 0.306. The van der Waals surface area contributed by atoms with Crippen LogP contribution in [0.15, 0.2) is 47.0 Å². The molecule has 9 nitrogen and oxygen atoms in total. The maximum absolute atomic E-state index is 12.1. The maximum Gasteiger partial charge on any atom is 0.279 e. The van der Waals surface area contributed by atoms with E-state index < -0.39 is 10.0 Å². The van der Waals surface area contributed by atoms with Gasteiger partial charge in [-0.2, -0.15) is 8.42 Å². The van der Waals surface area contributed by atoms with Gasteiger partial charge in [0.1, 0.15) is 12.4 Å². The van der Waals surface area contributed by atoms with Gasteiger partial charge in [0.15, 0.2) is 10.9 Å². The summed E-state index contributed by atoms with van der Waals surface area (Å²) >= 11 is 0. The molecule has 0 unspecified atom stereocenters. The molecule has 2 rings (SSSR count). The zero-order valence-electron chi connectivity index (χ0n) is 10.7. The van der Waals surface area contributed by atoms with Crippen LogP contribution in [0, 0.1) is 0 Å². The summed E-state index contributed by atoms with van der Waals surface area (Å²) < 4.78 is 31.8. The van der Waals surface area contributed by atoms with E-state index in [1.54, 1.807) is 18.2 Å². The van der Waals surface area contributed by atoms with Crippen molar-refractivity contribution < 1.29 is 18.4 Å². The van der Waals surface area contributed by atoms with Gasteiger partial charge >= 0.3 is 0 Å². The second-order valence-corrected chi connectivity index (χ2v) is 5.55. The van der Waals surface area contributed by atoms with Crippen LogP contribution in [0.5, 0.6) is 5.75 Å². The van der Waals surface area contributed by atoms with Crippen LogP contribution in [-0.4, -0.2) is 36.0 Å². The topological polar surface area (TPSA) is 143 Å². The summed E-state index contributed by atoms with van der Waals surface area (Å²) in [6, 6.07) is 6.38. The molecule has 0 spiro atoms. The first-order chi connectivity index (χ1) is 10.0. The lowest BCUT2D eigenvalue weighted by Crippen LogP contribution is -2.21. The summed E-state index contributed by atoms with van der Waals surface area (Å²) in [4.78, 5) is 6.16. The summed E-state index contributed by atoms with van der Waals surface area (Å²) in [6.07, 6.45) is 2.44. The van der Waals surface area contributed by atoms with E-state index in [4.69, 9.17) is 15.7 Å². The minimum atomic E-state index is -3.80. The fraction of sp³-hybridized carbons (Fsp3) is 0.0909. The number of aromatic amines is 1. The van der Waals surface area contributed by atoms with Crippen molar-refractivity contribution in [3.8, 4) is 5.75 Å². The number of hydrogen-bond donors (Lipinski definition) is 4. The van der Waals surface area contributed by atoms with Crippen molar-refractivity contribution in [1.82, 2.24) is 9.97 Å². The van der Waals surface area contributed by atoms with Crippen LogP contribution in [0.3, 0.4) is 0 Å². The molecule has 2 aromatic rings. The minimum absolute atomic E-state index is 0.0752. The molecule has 0 aliphatic carbocycles. The molecule has 0 radical (unpaired) electrons. The Labute approximate surface area is 120 Å². The van der Waals surface area contributed by atoms with Gasteiger partial charge in [0, 0.05) is 0 Å². The zero-order chi connectivity index (χ0) is 15.3. The summed E-state index contributed by atoms with van der Waals surface area (Å²) in [7, 11) is -3.80. The number of aromatic nitrogens is 2. The third-order valence-electron chi connectivity index (χ3n) is 2.40. The molecule has 0 saturated heterocycles. The van der Waals surface area contributed by atoms with Gasteiger partial charge in [-0.15, -0.1) is 0 Å². The fourth-order valence-electron chi connectivity index (χ4n) is 1.45. The van der Waals surface area contributed by atoms with Crippen LogP contribution in [0.1, 0.15) is 0 Å². The van der Waals surface area contributed by atoms with Crippen molar-refractivity contribution in [3.63, 3.8) is 0 Å². The van der Waals surface area contributed by atoms with Crippen LogP contribution in [0.25, 0.3) is 0 Å². The number of oxime groups is 1. The number of sulfonamides is 1. The average molecular weight is 311 g/mol. The second kappa shape index (κ2) is 6.13. The monoisotopic (exact) mass is 311 g/mol. The number of nitrogens with one attached hydrogen (secondary N) is 2. The van der Waals surface area contributed by atoms with Crippen LogP contribution < -0.4 is 15.2 Å². The Morgan fingerprint density at radius 3 is 2.90 bits per heavy atom. The summed E-state index contributed by atoms with van der Waals surface area (Å²) in [5.74, 6) is 0.105. The highest BCUT2D eigenvalue weighted by atomic mass is 32.2. The number of hydrogen-bond acceptors (Lipinski definition) is 6. The van der Waals surface area contributed by atoms with E-state index in [-0.39, 0.29) is 28.9 Å². The van der Waals surface area contributed by atoms with Crippen LogP contribution in [-0.2, 0) is 10.0 Å². The Hall–Kier alpha value is -2.75. The number of nitrogens with two attached hydrogens (primary N) is 1. The summed E-state index contributed by atoms with van der Waals surface area (Å²) in [6.45, 7) is -0.181. The highest BCUT2D eigenvalue weighted by Gasteiger charge is 2.17. The Bertz CT molecular complexity index is 727. The number of H-pyrrole nitrogens is 1. The molecule has 5 N–H and O–H groups in total. The molecule has 0 bridgehead atoms. The van der Waals surface area contributed by atoms with Gasteiger partial charge in [0.2, 0.25) is 0 Å². The lowest BCUT2D eigenvalue weighted by Gasteiger charge is -2.12. The standard InChI is InChI=1S/C11H13N5O4S/c12-10(15-17)6-20-9-4-2-1-3-8(9)16-21(18,19)11-5-13-7-14-11/h1-5,7,16-17H,6H2,(H2,12,15)(H,13,14). The number of para-hydroxylation sites is 2. The Morgan fingerprint density at radius 2 is 2.24 bits per heavy atom. The molecule has 10 heteroatoms. The van der Waals surface area contributed by atoms with Gasteiger partial charge < -0.3 is 20.7 Å². The summed E-state index contributed by atoms with van der Waals surface area (Å²) in [5.41, 5.74) is 5.52. The van der Waals surface area contributed by atoms with Gasteiger partial charge in [0.05, 0.1) is 18.2 Å². The number of benzene rings is 1. The van der Waals surface area contributed by atoms with Gasteiger partial charge in [-0.1, -0.05) is 17.3 Å². The maximum atomic E-state index is 12.1. The SMILES string of the molecule is NC(COc1ccccc1NS(=O)(=O)c1cnc[nH]1)=NO. The summed E-state index contributed by atoms with van der Waals surface area (Å²) in [5, 5.41) is 11.1. The number of amidine groups is 1. The van der Waals surface area contributed by atoms with Crippen LogP contribution in [0.2, 0.25) is 0 Å². The zero-order valence-corrected chi connectivity index (χ0v) is 11.5. The van der Waals surface area contributed by atoms with E-state index >= 15 is 0 Å². The van der Waals surface area contributed by atoms with Crippen molar-refractivity contribution in [3.05, 3.63) is 36.8 Å². The van der Waals surface area contributed by atoms with Gasteiger partial charge in [-0.3, -0.25) is 4.72 Å². The first-order valence-electron chi connectivity index (χ1n) is 5.72. The molecule has 0 saturated carbocycles. The largest absolute Gasteiger partial charge is 0.483 e. The minimum Gasteiger partial charge on any atom is -0.483 e. The number of ether oxygens (including phenoxy) is 1. The normalized spacial score (nSPS) is 12.1. The van der Waals surface area contributed by atoms with Crippen molar-refractivity contribution in [2.45, 2.75) is 5.03 Å². The second-order valence-electron chi connectivity index (χ2n) is 3.90. The fourth-order valence-corrected chi connectivity index (χ4v) is 2.42. The molecule has 0 amide bonds. The Morgan fingerprint density at radius 1 is 1.48 bits per heavy atom. The Kier molecular flexibility index (Phi) is 4.28. The molecular formula is C11H13N5O4S. The van der Waals surface area contributed by atoms with Gasteiger partial charge in [0.25, 0.3) is 10.0 Å². The van der Waals surface area contributed by atoms with Crippen molar-refractivity contribution in [2.24, 2.45) is 10.9 Å². The number of rotatable bonds is 6. The molecule has 112 valence electrons. The van der Waals surface area contributed by atoms with Crippen molar-refractivity contribution >= 4 is 21.5 Å². The van der Waals surface area contributed by atoms with Crippen LogP contribution >= 0.6 is 0 Å². The molecular weight excluding hydrogens is 298 g/mol. The number of nitrogens with zero attached hydrogens (tertiary/aromatic N) is 2. The molecule has 1 aromatic heterocycles. The first kappa shape index (κ1) is 14.7. The van der Waals surface area contributed by atoms with Crippen LogP contribution in [0.4, 0.5) is 5.69 Å². The van der Waals surface area contributed by atoms with E-state index in [1.807, 2.05) is 0 Å². The predicted molar refractivity (Wildman–Crippen MR) is 74.7 cm³/mol. The highest BCUT2D eigenvalue weighted by Crippen LogP contribution is 2.26. The molecule has 0 aliphatic heterocycles. The third-order valence-corrected chi connectivity index (χ3v) is 3.69. The lowest BCUT2D eigenvalue weighted by atomic mass is 10.3. The van der Waals surface area contributed by atoms with E-state index in [0.29, 0.717) is 0 Å². The third kappa shape index (κ3) is 3.63. The highest BCUT2D eigenvalue weighted by molar-refractivity contribution is 7.92. The Balaban J connectivity index is 2.21. The quantitative estimate of drug-likeness (QED) is 0.262. The number of anilines is 1. The molecule has 0 atom stereocenters. The molecule has 1 aromatic carbocycles. The van der Waals surface area contributed by atoms with Gasteiger partial charge in [-0.25, -0.2) is 4.98 Å². The molecule has 21 heavy (non-hydrogen) atoms. The van der Waals surface area contributed by atoms with Crippen molar-refractivity contribution in [1.29, 1.82) is 0 Å². The number of imidazole rings is 1. The average Bonchev–Trinajstić information content (AvgIpc) is 3.00. The van der Waals surface area contributed by atoms with E-state index in [9.17, 15) is 8.42 Å². The smallest absolute Gasteiger partial charge is 0.279 e. The van der Waals surface area contributed by atoms with Crippen molar-refractivity contribution in [2.75, 3.05) is 11.3 Å². The van der Waals surface area contributed by atoms with E-state index in [0.717, 1.165) is 0 Å². The molecule has 0 fully saturated rings.